The molecule has 2 aromatic rings. The molecule has 2 aliphatic heterocycles. The first-order valence-corrected chi connectivity index (χ1v) is 14.0. The fourth-order valence-corrected chi connectivity index (χ4v) is 5.54. The van der Waals surface area contributed by atoms with Crippen molar-refractivity contribution in [3.05, 3.63) is 102 Å². The van der Waals surface area contributed by atoms with Gasteiger partial charge in [-0.05, 0) is 47.7 Å². The second-order valence-electron chi connectivity index (χ2n) is 9.60. The van der Waals surface area contributed by atoms with Gasteiger partial charge in [0, 0.05) is 48.7 Å². The summed E-state index contributed by atoms with van der Waals surface area (Å²) in [5, 5.41) is 25.6. The highest BCUT2D eigenvalue weighted by Gasteiger charge is 2.58. The molecule has 3 unspecified atom stereocenters. The third-order valence-corrected chi connectivity index (χ3v) is 7.76. The smallest absolute Gasteiger partial charge is 0.456 e. The molecular formula is C28H26N4O11S. The van der Waals surface area contributed by atoms with E-state index in [4.69, 9.17) is 14.2 Å². The predicted octanol–water partition coefficient (Wildman–Crippen LogP) is 3.72. The Balaban J connectivity index is 1.40. The molecule has 2 amide bonds. The summed E-state index contributed by atoms with van der Waals surface area (Å²) in [6.07, 6.45) is -0.471. The van der Waals surface area contributed by atoms with Crippen molar-refractivity contribution in [2.45, 2.75) is 38.7 Å². The van der Waals surface area contributed by atoms with Crippen molar-refractivity contribution in [2.75, 3.05) is 7.05 Å². The Kier molecular flexibility index (Phi) is 9.95. The second kappa shape index (κ2) is 13.8. The highest BCUT2D eigenvalue weighted by atomic mass is 32.2. The number of nitrogens with zero attached hydrogens (tertiary/aromatic N) is 3. The lowest BCUT2D eigenvalue weighted by Crippen LogP contribution is -2.62. The minimum absolute atomic E-state index is 0.00216. The zero-order chi connectivity index (χ0) is 32.0. The lowest BCUT2D eigenvalue weighted by atomic mass is 9.83. The molecule has 230 valence electrons. The third kappa shape index (κ3) is 7.20. The number of amides is 2. The van der Waals surface area contributed by atoms with Crippen LogP contribution in [0.15, 0.2) is 70.6 Å². The van der Waals surface area contributed by atoms with Gasteiger partial charge in [0.2, 0.25) is 11.8 Å². The first-order chi connectivity index (χ1) is 21.0. The van der Waals surface area contributed by atoms with Crippen LogP contribution in [0.4, 0.5) is 16.2 Å². The number of esters is 1. The molecule has 44 heavy (non-hydrogen) atoms. The number of ether oxygens (including phenoxy) is 3. The Morgan fingerprint density at radius 2 is 1.55 bits per heavy atom. The fraction of sp³-hybridized carbons (Fsp3) is 0.286. The summed E-state index contributed by atoms with van der Waals surface area (Å²) in [6, 6.07) is 10.3. The third-order valence-electron chi connectivity index (χ3n) is 6.85. The average Bonchev–Trinajstić information content (AvgIpc) is 3.33. The van der Waals surface area contributed by atoms with Gasteiger partial charge in [0.25, 0.3) is 11.4 Å². The minimum atomic E-state index is -1.04. The van der Waals surface area contributed by atoms with Gasteiger partial charge in [-0.1, -0.05) is 11.8 Å². The largest absolute Gasteiger partial charge is 0.508 e. The van der Waals surface area contributed by atoms with Crippen molar-refractivity contribution in [1.82, 2.24) is 10.2 Å². The normalized spacial score (nSPS) is 17.9. The molecule has 2 heterocycles. The first-order valence-electron chi connectivity index (χ1n) is 13.1. The van der Waals surface area contributed by atoms with Crippen LogP contribution in [-0.4, -0.2) is 57.9 Å². The van der Waals surface area contributed by atoms with Crippen LogP contribution in [-0.2, 0) is 41.8 Å². The van der Waals surface area contributed by atoms with Gasteiger partial charge < -0.3 is 24.4 Å². The van der Waals surface area contributed by atoms with E-state index in [1.807, 2.05) is 0 Å². The molecule has 1 saturated heterocycles. The number of fused-ring (bicyclic) bond motifs is 1. The molecule has 0 aromatic heterocycles. The molecule has 3 atom stereocenters. The maximum Gasteiger partial charge on any atom is 0.508 e. The molecule has 0 bridgehead atoms. The summed E-state index contributed by atoms with van der Waals surface area (Å²) in [7, 11) is 1.46. The number of benzene rings is 2. The van der Waals surface area contributed by atoms with Gasteiger partial charge in [0.15, 0.2) is 0 Å². The Morgan fingerprint density at radius 1 is 1.00 bits per heavy atom. The Hall–Kier alpha value is -5.25. The van der Waals surface area contributed by atoms with Crippen LogP contribution >= 0.6 is 11.8 Å². The molecule has 1 N–H and O–H groups in total. The number of hydrogen-bond acceptors (Lipinski definition) is 12. The number of non-ortho nitro benzene ring substituents is 2. The van der Waals surface area contributed by atoms with E-state index in [9.17, 15) is 39.4 Å². The topological polar surface area (TPSA) is 198 Å². The fourth-order valence-electron chi connectivity index (χ4n) is 4.62. The van der Waals surface area contributed by atoms with E-state index in [-0.39, 0.29) is 42.6 Å². The van der Waals surface area contributed by atoms with E-state index in [0.717, 1.165) is 11.8 Å². The van der Waals surface area contributed by atoms with E-state index in [1.165, 1.54) is 78.9 Å². The van der Waals surface area contributed by atoms with Crippen LogP contribution in [0.1, 0.15) is 24.5 Å². The Morgan fingerprint density at radius 3 is 2.07 bits per heavy atom. The zero-order valence-corrected chi connectivity index (χ0v) is 24.2. The Labute approximate surface area is 254 Å². The molecule has 1 fully saturated rings. The maximum absolute atomic E-state index is 13.2. The highest BCUT2D eigenvalue weighted by molar-refractivity contribution is 8.05. The average molecular weight is 627 g/mol. The second-order valence-corrected chi connectivity index (χ2v) is 10.6. The van der Waals surface area contributed by atoms with Crippen molar-refractivity contribution < 1.29 is 43.2 Å². The summed E-state index contributed by atoms with van der Waals surface area (Å²) in [5.41, 5.74) is 0.758. The number of nitro groups is 2. The quantitative estimate of drug-likeness (QED) is 0.118. The van der Waals surface area contributed by atoms with E-state index in [1.54, 1.807) is 0 Å². The molecule has 0 saturated carbocycles. The number of nitrogens with one attached hydrogen (secondary N) is 1. The van der Waals surface area contributed by atoms with E-state index < -0.39 is 45.9 Å². The lowest BCUT2D eigenvalue weighted by Gasteiger charge is -2.45. The summed E-state index contributed by atoms with van der Waals surface area (Å²) < 4.78 is 15.9. The van der Waals surface area contributed by atoms with Crippen molar-refractivity contribution in [2.24, 2.45) is 5.92 Å². The van der Waals surface area contributed by atoms with Crippen LogP contribution in [0.3, 0.4) is 0 Å². The van der Waals surface area contributed by atoms with Crippen LogP contribution in [0.5, 0.6) is 0 Å². The number of rotatable bonds is 12. The number of carbonyl (C=O) groups is 4. The zero-order valence-electron chi connectivity index (χ0n) is 23.4. The van der Waals surface area contributed by atoms with Crippen LogP contribution in [0, 0.1) is 26.1 Å². The van der Waals surface area contributed by atoms with Gasteiger partial charge in [-0.25, -0.2) is 9.59 Å². The van der Waals surface area contributed by atoms with E-state index in [2.05, 4.69) is 5.32 Å². The standard InChI is InChI=1S/C28H26N4O11S/c1-16(43-28(36)42-15-18-5-9-20(10-6-18)32(39)40)24-21-13-22(44-12-11-23(33)29-2)25(30(21)26(24)34)27(35)41-14-17-3-7-19(8-4-17)31(37)38/h3-12,16,21,24H,13-15H2,1-2H3,(H,29,33). The lowest BCUT2D eigenvalue weighted by molar-refractivity contribution is -0.385. The van der Waals surface area contributed by atoms with Crippen molar-refractivity contribution in [3.63, 3.8) is 0 Å². The predicted molar refractivity (Wildman–Crippen MR) is 153 cm³/mol. The van der Waals surface area contributed by atoms with Crippen molar-refractivity contribution in [1.29, 1.82) is 0 Å². The number of likely N-dealkylation sites (N-methyl/N-ethyl adjacent to an activating group) is 1. The molecule has 2 aromatic carbocycles. The summed E-state index contributed by atoms with van der Waals surface area (Å²) >= 11 is 1.07. The molecule has 0 radical (unpaired) electrons. The van der Waals surface area contributed by atoms with E-state index >= 15 is 0 Å². The van der Waals surface area contributed by atoms with E-state index in [0.29, 0.717) is 16.0 Å². The van der Waals surface area contributed by atoms with Crippen LogP contribution in [0.2, 0.25) is 0 Å². The summed E-state index contributed by atoms with van der Waals surface area (Å²) in [4.78, 5) is 72.7. The number of carbonyl (C=O) groups excluding carboxylic acids is 4. The number of hydrogen-bond donors (Lipinski definition) is 1. The molecule has 4 rings (SSSR count). The van der Waals surface area contributed by atoms with Gasteiger partial charge in [-0.2, -0.15) is 0 Å². The van der Waals surface area contributed by atoms with Crippen molar-refractivity contribution >= 4 is 47.1 Å². The van der Waals surface area contributed by atoms with Gasteiger partial charge >= 0.3 is 12.1 Å². The highest BCUT2D eigenvalue weighted by Crippen LogP contribution is 2.48. The number of nitro benzene ring substituents is 2. The molecule has 0 aliphatic carbocycles. The molecule has 2 aliphatic rings. The maximum atomic E-state index is 13.2. The van der Waals surface area contributed by atoms with Gasteiger partial charge in [0.1, 0.15) is 25.0 Å². The van der Waals surface area contributed by atoms with Gasteiger partial charge in [0.05, 0.1) is 21.8 Å². The monoisotopic (exact) mass is 626 g/mol. The summed E-state index contributed by atoms with van der Waals surface area (Å²) in [5.74, 6) is -2.44. The number of thioether (sulfide) groups is 1. The van der Waals surface area contributed by atoms with Crippen molar-refractivity contribution in [3.8, 4) is 0 Å². The minimum Gasteiger partial charge on any atom is -0.456 e. The molecule has 16 heteroatoms. The molecule has 15 nitrogen and oxygen atoms in total. The molecular weight excluding hydrogens is 600 g/mol. The molecule has 0 spiro atoms. The number of β-lactam (4-membered cyclic amide) rings is 1. The van der Waals surface area contributed by atoms with Crippen LogP contribution in [0.25, 0.3) is 0 Å². The summed E-state index contributed by atoms with van der Waals surface area (Å²) in [6.45, 7) is 1.11. The van der Waals surface area contributed by atoms with Gasteiger partial charge in [-0.15, -0.1) is 0 Å². The first kappa shape index (κ1) is 31.7. The van der Waals surface area contributed by atoms with Gasteiger partial charge in [-0.3, -0.25) is 29.8 Å². The SMILES string of the molecule is CNC(=O)C=CSC1=C(C(=O)OCc2ccc([N+](=O)[O-])cc2)N2C(=O)C(C(C)OC(=O)OCc3ccc([N+](=O)[O-])cc3)C2C1. The Bertz CT molecular complexity index is 1540. The van der Waals surface area contributed by atoms with Crippen LogP contribution < -0.4 is 5.32 Å².